The van der Waals surface area contributed by atoms with Crippen LogP contribution in [0.15, 0.2) is 36.4 Å². The van der Waals surface area contributed by atoms with Crippen LogP contribution >= 0.6 is 0 Å². The molecule has 0 saturated heterocycles. The smallest absolute Gasteiger partial charge is 0.300 e. The predicted molar refractivity (Wildman–Crippen MR) is 89.8 cm³/mol. The van der Waals surface area contributed by atoms with Crippen molar-refractivity contribution in [3.05, 3.63) is 62.2 Å². The molecule has 0 saturated carbocycles. The molecular formula is C16H17N3O5. The number of hydrogen-bond acceptors (Lipinski definition) is 6. The predicted octanol–water partition coefficient (Wildman–Crippen LogP) is 4.25. The minimum Gasteiger partial charge on any atom is -0.508 e. The van der Waals surface area contributed by atoms with E-state index in [1.807, 2.05) is 20.8 Å². The number of rotatable bonds is 4. The summed E-state index contributed by atoms with van der Waals surface area (Å²) >= 11 is 0. The van der Waals surface area contributed by atoms with Gasteiger partial charge < -0.3 is 10.4 Å². The number of aromatic hydroxyl groups is 1. The Hall–Kier alpha value is -3.16. The zero-order chi connectivity index (χ0) is 18.1. The van der Waals surface area contributed by atoms with Crippen molar-refractivity contribution < 1.29 is 15.0 Å². The molecule has 0 spiro atoms. The van der Waals surface area contributed by atoms with E-state index in [1.54, 1.807) is 6.07 Å². The van der Waals surface area contributed by atoms with Crippen LogP contribution in [0, 0.1) is 20.2 Å². The molecule has 0 heterocycles. The van der Waals surface area contributed by atoms with Crippen LogP contribution in [0.2, 0.25) is 0 Å². The maximum atomic E-state index is 11.4. The molecule has 0 aliphatic rings. The summed E-state index contributed by atoms with van der Waals surface area (Å²) in [6.07, 6.45) is 0. The van der Waals surface area contributed by atoms with Gasteiger partial charge in [-0.1, -0.05) is 26.8 Å². The van der Waals surface area contributed by atoms with Gasteiger partial charge in [-0.15, -0.1) is 0 Å². The Labute approximate surface area is 138 Å². The van der Waals surface area contributed by atoms with Gasteiger partial charge in [0.15, 0.2) is 5.69 Å². The maximum Gasteiger partial charge on any atom is 0.300 e. The maximum absolute atomic E-state index is 11.4. The zero-order valence-electron chi connectivity index (χ0n) is 13.4. The molecule has 2 aromatic carbocycles. The molecule has 0 amide bonds. The zero-order valence-corrected chi connectivity index (χ0v) is 13.4. The van der Waals surface area contributed by atoms with Crippen LogP contribution in [0.4, 0.5) is 22.7 Å². The van der Waals surface area contributed by atoms with Crippen LogP contribution in [0.5, 0.6) is 5.75 Å². The van der Waals surface area contributed by atoms with Crippen LogP contribution in [0.1, 0.15) is 26.3 Å². The summed E-state index contributed by atoms with van der Waals surface area (Å²) in [5, 5.41) is 35.0. The quantitative estimate of drug-likeness (QED) is 0.638. The lowest BCUT2D eigenvalue weighted by atomic mass is 9.86. The first kappa shape index (κ1) is 17.2. The Morgan fingerprint density at radius 1 is 1.00 bits per heavy atom. The van der Waals surface area contributed by atoms with Crippen LogP contribution in [0.25, 0.3) is 0 Å². The summed E-state index contributed by atoms with van der Waals surface area (Å²) in [5.74, 6) is -0.0587. The number of benzene rings is 2. The number of nitrogens with one attached hydrogen (secondary N) is 1. The molecular weight excluding hydrogens is 314 g/mol. The van der Waals surface area contributed by atoms with E-state index in [0.717, 1.165) is 0 Å². The molecule has 2 N–H and O–H groups in total. The average Bonchev–Trinajstić information content (AvgIpc) is 2.45. The standard InChI is InChI=1S/C16H17N3O5/c1-16(2,3)10-7-13(18(21)22)15(14(8-10)19(23)24)17-11-5-4-6-12(20)9-11/h4-9,17,20H,1-3H3. The van der Waals surface area contributed by atoms with Crippen molar-refractivity contribution in [1.29, 1.82) is 0 Å². The third kappa shape index (κ3) is 3.60. The summed E-state index contributed by atoms with van der Waals surface area (Å²) in [4.78, 5) is 21.5. The number of anilines is 2. The molecule has 24 heavy (non-hydrogen) atoms. The van der Waals surface area contributed by atoms with Gasteiger partial charge in [0.1, 0.15) is 5.75 Å². The molecule has 0 aromatic heterocycles. The Bertz CT molecular complexity index is 777. The fourth-order valence-electron chi connectivity index (χ4n) is 2.19. The van der Waals surface area contributed by atoms with E-state index in [2.05, 4.69) is 5.32 Å². The van der Waals surface area contributed by atoms with Gasteiger partial charge in [-0.3, -0.25) is 20.2 Å². The Morgan fingerprint density at radius 2 is 1.54 bits per heavy atom. The van der Waals surface area contributed by atoms with E-state index in [4.69, 9.17) is 0 Å². The number of nitro groups is 2. The number of nitro benzene ring substituents is 2. The highest BCUT2D eigenvalue weighted by Gasteiger charge is 2.30. The minimum atomic E-state index is -0.659. The molecule has 0 radical (unpaired) electrons. The first-order chi connectivity index (χ1) is 11.1. The van der Waals surface area contributed by atoms with Gasteiger partial charge in [0.05, 0.1) is 9.85 Å². The van der Waals surface area contributed by atoms with E-state index in [0.29, 0.717) is 11.3 Å². The van der Waals surface area contributed by atoms with E-state index in [1.165, 1.54) is 30.3 Å². The van der Waals surface area contributed by atoms with Crippen LogP contribution in [-0.4, -0.2) is 15.0 Å². The van der Waals surface area contributed by atoms with Crippen molar-refractivity contribution in [1.82, 2.24) is 0 Å². The number of hydrogen-bond donors (Lipinski definition) is 2. The molecule has 0 fully saturated rings. The van der Waals surface area contributed by atoms with E-state index >= 15 is 0 Å². The minimum absolute atomic E-state index is 0.0587. The molecule has 0 aliphatic carbocycles. The van der Waals surface area contributed by atoms with Crippen LogP contribution in [-0.2, 0) is 5.41 Å². The highest BCUT2D eigenvalue weighted by Crippen LogP contribution is 2.40. The molecule has 2 rings (SSSR count). The van der Waals surface area contributed by atoms with Gasteiger partial charge in [0.25, 0.3) is 11.4 Å². The molecule has 8 heteroatoms. The molecule has 0 bridgehead atoms. The molecule has 0 atom stereocenters. The van der Waals surface area contributed by atoms with Crippen molar-refractivity contribution >= 4 is 22.7 Å². The van der Waals surface area contributed by atoms with E-state index in [9.17, 15) is 25.3 Å². The van der Waals surface area contributed by atoms with Gasteiger partial charge in [-0.25, -0.2) is 0 Å². The lowest BCUT2D eigenvalue weighted by molar-refractivity contribution is -0.392. The van der Waals surface area contributed by atoms with Gasteiger partial charge in [-0.2, -0.15) is 0 Å². The first-order valence-electron chi connectivity index (χ1n) is 7.13. The number of nitrogens with zero attached hydrogens (tertiary/aromatic N) is 2. The lowest BCUT2D eigenvalue weighted by Gasteiger charge is -2.19. The fourth-order valence-corrected chi connectivity index (χ4v) is 2.19. The number of phenolic OH excluding ortho intramolecular Hbond substituents is 1. The third-order valence-corrected chi connectivity index (χ3v) is 3.47. The highest BCUT2D eigenvalue weighted by molar-refractivity contribution is 5.80. The topological polar surface area (TPSA) is 119 Å². The Balaban J connectivity index is 2.68. The second kappa shape index (κ2) is 6.15. The van der Waals surface area contributed by atoms with Crippen molar-refractivity contribution in [2.45, 2.75) is 26.2 Å². The van der Waals surface area contributed by atoms with E-state index in [-0.39, 0.29) is 11.4 Å². The monoisotopic (exact) mass is 331 g/mol. The normalized spacial score (nSPS) is 11.1. The Morgan fingerprint density at radius 3 is 1.96 bits per heavy atom. The average molecular weight is 331 g/mol. The molecule has 8 nitrogen and oxygen atoms in total. The Kier molecular flexibility index (Phi) is 4.41. The highest BCUT2D eigenvalue weighted by atomic mass is 16.6. The van der Waals surface area contributed by atoms with Gasteiger partial charge in [-0.05, 0) is 23.1 Å². The molecule has 2 aromatic rings. The van der Waals surface area contributed by atoms with Gasteiger partial charge >= 0.3 is 0 Å². The SMILES string of the molecule is CC(C)(C)c1cc([N+](=O)[O-])c(Nc2cccc(O)c2)c([N+](=O)[O-])c1. The van der Waals surface area contributed by atoms with Crippen LogP contribution in [0.3, 0.4) is 0 Å². The number of phenols is 1. The van der Waals surface area contributed by atoms with Gasteiger partial charge in [0, 0.05) is 23.9 Å². The van der Waals surface area contributed by atoms with Gasteiger partial charge in [0.2, 0.25) is 0 Å². The molecule has 0 unspecified atom stereocenters. The summed E-state index contributed by atoms with van der Waals surface area (Å²) in [6.45, 7) is 5.45. The first-order valence-corrected chi connectivity index (χ1v) is 7.13. The largest absolute Gasteiger partial charge is 0.508 e. The van der Waals surface area contributed by atoms with Crippen LogP contribution < -0.4 is 5.32 Å². The summed E-state index contributed by atoms with van der Waals surface area (Å²) < 4.78 is 0. The summed E-state index contributed by atoms with van der Waals surface area (Å²) in [5.41, 5.74) is -0.690. The second-order valence-electron chi connectivity index (χ2n) is 6.33. The van der Waals surface area contributed by atoms with E-state index < -0.39 is 26.6 Å². The third-order valence-electron chi connectivity index (χ3n) is 3.47. The van der Waals surface area contributed by atoms with Crippen molar-refractivity contribution in [2.24, 2.45) is 0 Å². The fraction of sp³-hybridized carbons (Fsp3) is 0.250. The van der Waals surface area contributed by atoms with Crippen molar-refractivity contribution in [3.63, 3.8) is 0 Å². The molecule has 126 valence electrons. The second-order valence-corrected chi connectivity index (χ2v) is 6.33. The summed E-state index contributed by atoms with van der Waals surface area (Å²) in [6, 6.07) is 8.49. The van der Waals surface area contributed by atoms with Crippen molar-refractivity contribution in [3.8, 4) is 5.75 Å². The summed E-state index contributed by atoms with van der Waals surface area (Å²) in [7, 11) is 0. The lowest BCUT2D eigenvalue weighted by Crippen LogP contribution is -2.13. The molecule has 0 aliphatic heterocycles. The van der Waals surface area contributed by atoms with Crippen molar-refractivity contribution in [2.75, 3.05) is 5.32 Å².